The van der Waals surface area contributed by atoms with Crippen LogP contribution in [0.2, 0.25) is 0 Å². The molecule has 1 aromatic heterocycles. The van der Waals surface area contributed by atoms with Crippen molar-refractivity contribution >= 4 is 27.4 Å². The van der Waals surface area contributed by atoms with Gasteiger partial charge in [0.25, 0.3) is 0 Å². The predicted molar refractivity (Wildman–Crippen MR) is 112 cm³/mol. The van der Waals surface area contributed by atoms with Gasteiger partial charge in [-0.1, -0.05) is 6.07 Å². The molecule has 3 aromatic rings. The zero-order valence-electron chi connectivity index (χ0n) is 17.2. The van der Waals surface area contributed by atoms with Crippen molar-refractivity contribution in [1.29, 1.82) is 0 Å². The van der Waals surface area contributed by atoms with Crippen LogP contribution in [0.25, 0.3) is 11.4 Å². The van der Waals surface area contributed by atoms with Crippen molar-refractivity contribution in [2.24, 2.45) is 0 Å². The molecular formula is C20H19F4N5O2S. The van der Waals surface area contributed by atoms with Crippen LogP contribution in [0, 0.1) is 5.82 Å². The Morgan fingerprint density at radius 2 is 1.66 bits per heavy atom. The quantitative estimate of drug-likeness (QED) is 0.507. The van der Waals surface area contributed by atoms with Crippen molar-refractivity contribution in [3.05, 3.63) is 53.8 Å². The third-order valence-corrected chi connectivity index (χ3v) is 5.17. The average Bonchev–Trinajstić information content (AvgIpc) is 2.65. The number of hydrogen-bond donors (Lipinski definition) is 2. The van der Waals surface area contributed by atoms with Gasteiger partial charge in [0.15, 0.2) is 15.7 Å². The molecule has 12 heteroatoms. The lowest BCUT2D eigenvalue weighted by Crippen LogP contribution is -2.14. The first-order valence-electron chi connectivity index (χ1n) is 9.29. The van der Waals surface area contributed by atoms with E-state index in [0.29, 0.717) is 11.8 Å². The second-order valence-electron chi connectivity index (χ2n) is 7.26. The molecular weight excluding hydrogens is 450 g/mol. The summed E-state index contributed by atoms with van der Waals surface area (Å²) in [4.78, 5) is 12.4. The van der Waals surface area contributed by atoms with Gasteiger partial charge >= 0.3 is 6.18 Å². The normalized spacial score (nSPS) is 12.1. The van der Waals surface area contributed by atoms with E-state index in [4.69, 9.17) is 0 Å². The van der Waals surface area contributed by atoms with Crippen LogP contribution in [0.3, 0.4) is 0 Å². The van der Waals surface area contributed by atoms with Gasteiger partial charge in [0, 0.05) is 23.5 Å². The first-order chi connectivity index (χ1) is 14.8. The highest BCUT2D eigenvalue weighted by Gasteiger charge is 2.31. The Morgan fingerprint density at radius 3 is 2.28 bits per heavy atom. The summed E-state index contributed by atoms with van der Waals surface area (Å²) in [6.07, 6.45) is -3.70. The number of sulfone groups is 1. The Hall–Kier alpha value is -3.28. The Bertz CT molecular complexity index is 1250. The number of nitrogens with zero attached hydrogens (tertiary/aromatic N) is 3. The Morgan fingerprint density at radius 1 is 0.969 bits per heavy atom. The molecule has 0 radical (unpaired) electrons. The number of hydrogen-bond acceptors (Lipinski definition) is 7. The molecule has 0 unspecified atom stereocenters. The third kappa shape index (κ3) is 5.90. The molecule has 0 atom stereocenters. The zero-order chi connectivity index (χ0) is 23.7. The maximum absolute atomic E-state index is 13.9. The van der Waals surface area contributed by atoms with Gasteiger partial charge in [-0.2, -0.15) is 28.1 Å². The molecule has 0 saturated heterocycles. The molecule has 0 aliphatic rings. The summed E-state index contributed by atoms with van der Waals surface area (Å²) >= 11 is 0. The van der Waals surface area contributed by atoms with E-state index in [1.54, 1.807) is 19.9 Å². The predicted octanol–water partition coefficient (Wildman–Crippen LogP) is 4.66. The number of aromatic nitrogens is 3. The Labute approximate surface area is 181 Å². The molecule has 2 aromatic carbocycles. The number of alkyl halides is 3. The molecule has 0 spiro atoms. The lowest BCUT2D eigenvalue weighted by atomic mass is 10.1. The Balaban J connectivity index is 2.08. The zero-order valence-corrected chi connectivity index (χ0v) is 18.0. The summed E-state index contributed by atoms with van der Waals surface area (Å²) in [5, 5.41) is 5.74. The van der Waals surface area contributed by atoms with Gasteiger partial charge in [-0.05, 0) is 50.2 Å². The first kappa shape index (κ1) is 23.4. The molecule has 32 heavy (non-hydrogen) atoms. The summed E-state index contributed by atoms with van der Waals surface area (Å²) in [7, 11) is -3.47. The van der Waals surface area contributed by atoms with E-state index >= 15 is 0 Å². The van der Waals surface area contributed by atoms with Gasteiger partial charge in [0.05, 0.1) is 10.5 Å². The summed E-state index contributed by atoms with van der Waals surface area (Å²) in [5.41, 5.74) is -1.04. The lowest BCUT2D eigenvalue weighted by Gasteiger charge is -2.13. The number of anilines is 3. The summed E-state index contributed by atoms with van der Waals surface area (Å²) < 4.78 is 76.8. The molecule has 7 nitrogen and oxygen atoms in total. The minimum absolute atomic E-state index is 0.0459. The first-order valence-corrected chi connectivity index (χ1v) is 11.2. The highest BCUT2D eigenvalue weighted by Crippen LogP contribution is 2.33. The van der Waals surface area contributed by atoms with Crippen molar-refractivity contribution in [1.82, 2.24) is 15.0 Å². The maximum Gasteiger partial charge on any atom is 0.416 e. The van der Waals surface area contributed by atoms with Gasteiger partial charge < -0.3 is 10.6 Å². The minimum Gasteiger partial charge on any atom is -0.352 e. The smallest absolute Gasteiger partial charge is 0.352 e. The van der Waals surface area contributed by atoms with Gasteiger partial charge in [-0.3, -0.25) is 0 Å². The van der Waals surface area contributed by atoms with Crippen LogP contribution >= 0.6 is 0 Å². The van der Waals surface area contributed by atoms with Crippen LogP contribution in [0.4, 0.5) is 35.1 Å². The van der Waals surface area contributed by atoms with Crippen LogP contribution in [0.15, 0.2) is 47.4 Å². The van der Waals surface area contributed by atoms with Crippen LogP contribution in [-0.4, -0.2) is 35.7 Å². The van der Waals surface area contributed by atoms with Gasteiger partial charge in [-0.25, -0.2) is 12.8 Å². The van der Waals surface area contributed by atoms with E-state index in [-0.39, 0.29) is 34.2 Å². The summed E-state index contributed by atoms with van der Waals surface area (Å²) in [6.45, 7) is 3.60. The highest BCUT2D eigenvalue weighted by atomic mass is 32.2. The van der Waals surface area contributed by atoms with Crippen molar-refractivity contribution in [2.45, 2.75) is 31.0 Å². The van der Waals surface area contributed by atoms with Gasteiger partial charge in [-0.15, -0.1) is 0 Å². The fourth-order valence-electron chi connectivity index (χ4n) is 2.70. The number of benzene rings is 2. The third-order valence-electron chi connectivity index (χ3n) is 4.05. The fourth-order valence-corrected chi connectivity index (χ4v) is 3.37. The molecule has 0 bridgehead atoms. The molecule has 0 saturated carbocycles. The molecule has 170 valence electrons. The van der Waals surface area contributed by atoms with E-state index < -0.39 is 27.4 Å². The number of halogens is 4. The van der Waals surface area contributed by atoms with E-state index in [2.05, 4.69) is 25.6 Å². The van der Waals surface area contributed by atoms with E-state index in [0.717, 1.165) is 18.4 Å². The van der Waals surface area contributed by atoms with Gasteiger partial charge in [0.1, 0.15) is 5.82 Å². The molecule has 3 rings (SSSR count). The van der Waals surface area contributed by atoms with Crippen LogP contribution in [0.5, 0.6) is 0 Å². The highest BCUT2D eigenvalue weighted by molar-refractivity contribution is 7.90. The standard InChI is InChI=1S/C20H19F4N5O2S/c1-11(2)25-18-27-17(12-7-13(20(22,23)24)9-14(21)8-12)28-19(29-18)26-15-5-4-6-16(10-15)32(3,30)31/h4-11H,1-3H3,(H2,25,26,27,28,29). The van der Waals surface area contributed by atoms with Gasteiger partial charge in [0.2, 0.25) is 11.9 Å². The van der Waals surface area contributed by atoms with Crippen LogP contribution in [-0.2, 0) is 16.0 Å². The van der Waals surface area contributed by atoms with Crippen LogP contribution < -0.4 is 10.6 Å². The minimum atomic E-state index is -4.75. The second kappa shape index (κ2) is 8.69. The molecule has 0 fully saturated rings. The fraction of sp³-hybridized carbons (Fsp3) is 0.250. The monoisotopic (exact) mass is 469 g/mol. The van der Waals surface area contributed by atoms with E-state index in [1.165, 1.54) is 18.2 Å². The van der Waals surface area contributed by atoms with E-state index in [9.17, 15) is 26.0 Å². The average molecular weight is 469 g/mol. The van der Waals surface area contributed by atoms with Crippen molar-refractivity contribution in [3.8, 4) is 11.4 Å². The molecule has 0 aliphatic carbocycles. The number of nitrogens with one attached hydrogen (secondary N) is 2. The van der Waals surface area contributed by atoms with Crippen molar-refractivity contribution < 1.29 is 26.0 Å². The summed E-state index contributed by atoms with van der Waals surface area (Å²) in [6, 6.07) is 7.74. The van der Waals surface area contributed by atoms with Crippen LogP contribution in [0.1, 0.15) is 19.4 Å². The van der Waals surface area contributed by atoms with E-state index in [1.807, 2.05) is 0 Å². The Kier molecular flexibility index (Phi) is 6.35. The topological polar surface area (TPSA) is 96.9 Å². The SMILES string of the molecule is CC(C)Nc1nc(Nc2cccc(S(C)(=O)=O)c2)nc(-c2cc(F)cc(C(F)(F)F)c2)n1. The lowest BCUT2D eigenvalue weighted by molar-refractivity contribution is -0.137. The molecule has 0 amide bonds. The maximum atomic E-state index is 13.9. The van der Waals surface area contributed by atoms with Crippen molar-refractivity contribution in [3.63, 3.8) is 0 Å². The molecule has 1 heterocycles. The summed E-state index contributed by atoms with van der Waals surface area (Å²) in [5.74, 6) is -1.31. The largest absolute Gasteiger partial charge is 0.416 e. The number of rotatable bonds is 6. The molecule has 2 N–H and O–H groups in total. The van der Waals surface area contributed by atoms with Crippen molar-refractivity contribution in [2.75, 3.05) is 16.9 Å². The second-order valence-corrected chi connectivity index (χ2v) is 9.27. The molecule has 0 aliphatic heterocycles.